The normalized spacial score (nSPS) is 18.8. The lowest BCUT2D eigenvalue weighted by Crippen LogP contribution is -2.40. The predicted octanol–water partition coefficient (Wildman–Crippen LogP) is 2.17. The molecule has 1 aromatic carbocycles. The minimum Gasteiger partial charge on any atom is -0.493 e. The maximum Gasteiger partial charge on any atom is 0.152 e. The number of hydrogen-bond donors (Lipinski definition) is 1. The van der Waals surface area contributed by atoms with Gasteiger partial charge in [0.1, 0.15) is 11.6 Å². The standard InChI is InChI=1S/C21H26N4O3S/c22-21-14-20(28-10-2-1-7-25-8-11-29(26,27)12-9-25)18-4-3-16(13-19(18)24-21)17-5-6-23-15-17/h3-6,13-14H,1-2,7-12,15H2,(H2,22,24). The number of sulfone groups is 1. The van der Waals surface area contributed by atoms with E-state index in [1.165, 1.54) is 5.57 Å². The molecule has 0 bridgehead atoms. The lowest BCUT2D eigenvalue weighted by Gasteiger charge is -2.26. The topological polar surface area (TPSA) is 97.9 Å². The van der Waals surface area contributed by atoms with Crippen LogP contribution < -0.4 is 10.5 Å². The zero-order valence-corrected chi connectivity index (χ0v) is 17.2. The van der Waals surface area contributed by atoms with Gasteiger partial charge in [0, 0.05) is 30.8 Å². The summed E-state index contributed by atoms with van der Waals surface area (Å²) in [5.41, 5.74) is 9.08. The van der Waals surface area contributed by atoms with E-state index < -0.39 is 9.84 Å². The molecule has 2 aliphatic rings. The number of nitrogens with zero attached hydrogens (tertiary/aromatic N) is 3. The second kappa shape index (κ2) is 8.51. The number of benzene rings is 1. The van der Waals surface area contributed by atoms with Crippen LogP contribution in [0.4, 0.5) is 5.82 Å². The fourth-order valence-corrected chi connectivity index (χ4v) is 4.94. The van der Waals surface area contributed by atoms with Gasteiger partial charge in [0.15, 0.2) is 9.84 Å². The second-order valence-corrected chi connectivity index (χ2v) is 9.81. The van der Waals surface area contributed by atoms with Crippen molar-refractivity contribution in [2.45, 2.75) is 12.8 Å². The highest BCUT2D eigenvalue weighted by molar-refractivity contribution is 7.91. The number of ether oxygens (including phenoxy) is 1. The predicted molar refractivity (Wildman–Crippen MR) is 117 cm³/mol. The van der Waals surface area contributed by atoms with Crippen molar-refractivity contribution in [1.82, 2.24) is 9.88 Å². The van der Waals surface area contributed by atoms with E-state index in [-0.39, 0.29) is 11.5 Å². The van der Waals surface area contributed by atoms with Crippen LogP contribution in [-0.4, -0.2) is 68.8 Å². The Morgan fingerprint density at radius 2 is 1.97 bits per heavy atom. The van der Waals surface area contributed by atoms with E-state index in [9.17, 15) is 8.42 Å². The van der Waals surface area contributed by atoms with Crippen LogP contribution in [-0.2, 0) is 9.84 Å². The molecule has 4 rings (SSSR count). The molecule has 0 unspecified atom stereocenters. The highest BCUT2D eigenvalue weighted by atomic mass is 32.2. The smallest absolute Gasteiger partial charge is 0.152 e. The number of fused-ring (bicyclic) bond motifs is 1. The Hall–Kier alpha value is -2.45. The summed E-state index contributed by atoms with van der Waals surface area (Å²) in [6, 6.07) is 7.90. The Labute approximate surface area is 171 Å². The number of allylic oxidation sites excluding steroid dienone is 1. The zero-order valence-electron chi connectivity index (χ0n) is 16.4. The van der Waals surface area contributed by atoms with Crippen LogP contribution in [0.15, 0.2) is 35.3 Å². The van der Waals surface area contributed by atoms with E-state index >= 15 is 0 Å². The van der Waals surface area contributed by atoms with E-state index in [4.69, 9.17) is 10.5 Å². The number of rotatable bonds is 7. The van der Waals surface area contributed by atoms with E-state index in [2.05, 4.69) is 20.9 Å². The van der Waals surface area contributed by atoms with Gasteiger partial charge in [-0.3, -0.25) is 4.99 Å². The van der Waals surface area contributed by atoms with Crippen molar-refractivity contribution in [3.05, 3.63) is 35.9 Å². The summed E-state index contributed by atoms with van der Waals surface area (Å²) in [6.45, 7) is 3.46. The minimum atomic E-state index is -2.82. The maximum atomic E-state index is 11.5. The van der Waals surface area contributed by atoms with Gasteiger partial charge in [-0.25, -0.2) is 13.4 Å². The molecule has 2 N–H and O–H groups in total. The van der Waals surface area contributed by atoms with Crippen molar-refractivity contribution < 1.29 is 13.2 Å². The summed E-state index contributed by atoms with van der Waals surface area (Å²) in [5.74, 6) is 1.74. The van der Waals surface area contributed by atoms with Crippen molar-refractivity contribution in [2.75, 3.05) is 50.0 Å². The molecule has 7 nitrogen and oxygen atoms in total. The number of aromatic nitrogens is 1. The largest absolute Gasteiger partial charge is 0.493 e. The molecular weight excluding hydrogens is 388 g/mol. The van der Waals surface area contributed by atoms with Crippen molar-refractivity contribution in [3.8, 4) is 5.75 Å². The Bertz CT molecular complexity index is 1050. The molecule has 1 fully saturated rings. The summed E-state index contributed by atoms with van der Waals surface area (Å²) in [7, 11) is -2.82. The Balaban J connectivity index is 1.33. The van der Waals surface area contributed by atoms with Crippen LogP contribution in [0.2, 0.25) is 0 Å². The number of nitrogen functional groups attached to an aromatic ring is 1. The highest BCUT2D eigenvalue weighted by Gasteiger charge is 2.20. The first-order valence-corrected chi connectivity index (χ1v) is 11.8. The highest BCUT2D eigenvalue weighted by Crippen LogP contribution is 2.30. The fraction of sp³-hybridized carbons (Fsp3) is 0.429. The lowest BCUT2D eigenvalue weighted by molar-refractivity contribution is 0.263. The lowest BCUT2D eigenvalue weighted by atomic mass is 10.0. The van der Waals surface area contributed by atoms with Crippen LogP contribution in [0.3, 0.4) is 0 Å². The average Bonchev–Trinajstić information content (AvgIpc) is 3.23. The third-order valence-corrected chi connectivity index (χ3v) is 6.98. The Morgan fingerprint density at radius 1 is 1.14 bits per heavy atom. The van der Waals surface area contributed by atoms with Gasteiger partial charge in [0.05, 0.1) is 30.2 Å². The molecule has 0 spiro atoms. The molecule has 8 heteroatoms. The van der Waals surface area contributed by atoms with Crippen LogP contribution >= 0.6 is 0 Å². The van der Waals surface area contributed by atoms with Crippen molar-refractivity contribution in [3.63, 3.8) is 0 Å². The molecule has 0 aliphatic carbocycles. The quantitative estimate of drug-likeness (QED) is 0.698. The molecule has 0 amide bonds. The first-order valence-electron chi connectivity index (χ1n) is 9.95. The van der Waals surface area contributed by atoms with Crippen LogP contribution in [0.25, 0.3) is 16.5 Å². The van der Waals surface area contributed by atoms with E-state index in [0.29, 0.717) is 32.1 Å². The molecular formula is C21H26N4O3S. The van der Waals surface area contributed by atoms with Gasteiger partial charge >= 0.3 is 0 Å². The third kappa shape index (κ3) is 4.94. The number of unbranched alkanes of at least 4 members (excludes halogenated alkanes) is 1. The molecule has 2 aromatic rings. The third-order valence-electron chi connectivity index (χ3n) is 5.37. The molecule has 29 heavy (non-hydrogen) atoms. The van der Waals surface area contributed by atoms with Crippen molar-refractivity contribution >= 4 is 38.3 Å². The molecule has 3 heterocycles. The molecule has 1 saturated heterocycles. The number of nitrogens with two attached hydrogens (primary N) is 1. The van der Waals surface area contributed by atoms with Crippen molar-refractivity contribution in [2.24, 2.45) is 4.99 Å². The van der Waals surface area contributed by atoms with Gasteiger partial charge in [-0.05, 0) is 48.7 Å². The van der Waals surface area contributed by atoms with Gasteiger partial charge in [0.2, 0.25) is 0 Å². The summed E-state index contributed by atoms with van der Waals surface area (Å²) in [5, 5.41) is 0.948. The number of hydrogen-bond acceptors (Lipinski definition) is 7. The van der Waals surface area contributed by atoms with Gasteiger partial charge in [0.25, 0.3) is 0 Å². The number of pyridine rings is 1. The molecule has 0 saturated carbocycles. The molecule has 1 aromatic heterocycles. The van der Waals surface area contributed by atoms with Crippen LogP contribution in [0.5, 0.6) is 5.75 Å². The monoisotopic (exact) mass is 414 g/mol. The van der Waals surface area contributed by atoms with Crippen LogP contribution in [0, 0.1) is 0 Å². The molecule has 154 valence electrons. The van der Waals surface area contributed by atoms with E-state index in [1.54, 1.807) is 6.07 Å². The Kier molecular flexibility index (Phi) is 5.82. The SMILES string of the molecule is Nc1cc(OCCCCN2CCS(=O)(=O)CC2)c2ccc(C3=CC=NC3)cc2n1. The van der Waals surface area contributed by atoms with Crippen molar-refractivity contribution in [1.29, 1.82) is 0 Å². The first-order chi connectivity index (χ1) is 14.0. The van der Waals surface area contributed by atoms with E-state index in [0.717, 1.165) is 41.6 Å². The summed E-state index contributed by atoms with van der Waals surface area (Å²) >= 11 is 0. The minimum absolute atomic E-state index is 0.275. The molecule has 2 aliphatic heterocycles. The average molecular weight is 415 g/mol. The Morgan fingerprint density at radius 3 is 2.72 bits per heavy atom. The first kappa shape index (κ1) is 19.8. The zero-order chi connectivity index (χ0) is 20.3. The molecule has 0 radical (unpaired) electrons. The van der Waals surface area contributed by atoms with E-state index in [1.807, 2.05) is 24.4 Å². The summed E-state index contributed by atoms with van der Waals surface area (Å²) in [6.07, 6.45) is 5.71. The fourth-order valence-electron chi connectivity index (χ4n) is 3.66. The van der Waals surface area contributed by atoms with Gasteiger partial charge in [-0.15, -0.1) is 0 Å². The van der Waals surface area contributed by atoms with Gasteiger partial charge in [-0.1, -0.05) is 6.07 Å². The second-order valence-electron chi connectivity index (χ2n) is 7.51. The van der Waals surface area contributed by atoms with Gasteiger partial charge in [-0.2, -0.15) is 0 Å². The van der Waals surface area contributed by atoms with Crippen LogP contribution in [0.1, 0.15) is 18.4 Å². The van der Waals surface area contributed by atoms with Gasteiger partial charge < -0.3 is 15.4 Å². The maximum absolute atomic E-state index is 11.5. The molecule has 0 atom stereocenters. The summed E-state index contributed by atoms with van der Waals surface area (Å²) in [4.78, 5) is 10.9. The summed E-state index contributed by atoms with van der Waals surface area (Å²) < 4.78 is 29.0. The number of aliphatic imine (C=N–C) groups is 1. The number of anilines is 1.